The number of halogens is 1. The van der Waals surface area contributed by atoms with Crippen LogP contribution in [0.25, 0.3) is 21.9 Å². The highest BCUT2D eigenvalue weighted by Crippen LogP contribution is 2.43. The van der Waals surface area contributed by atoms with Crippen molar-refractivity contribution in [3.63, 3.8) is 0 Å². The highest BCUT2D eigenvalue weighted by Gasteiger charge is 2.43. The summed E-state index contributed by atoms with van der Waals surface area (Å²) >= 11 is 0. The van der Waals surface area contributed by atoms with Gasteiger partial charge in [0.2, 0.25) is 5.82 Å². The van der Waals surface area contributed by atoms with Crippen LogP contribution in [0.3, 0.4) is 0 Å². The second kappa shape index (κ2) is 9.55. The molecule has 37 heavy (non-hydrogen) atoms. The minimum absolute atomic E-state index is 0.176. The van der Waals surface area contributed by atoms with Gasteiger partial charge in [0.1, 0.15) is 18.2 Å². The van der Waals surface area contributed by atoms with E-state index in [0.29, 0.717) is 12.2 Å². The Labute approximate surface area is 218 Å². The molecule has 7 rings (SSSR count). The number of nitrogens with zero attached hydrogens (tertiary/aromatic N) is 3. The molecule has 1 aromatic heterocycles. The zero-order chi connectivity index (χ0) is 25.6. The van der Waals surface area contributed by atoms with Gasteiger partial charge >= 0.3 is 0 Å². The second-order valence-corrected chi connectivity index (χ2v) is 11.0. The van der Waals surface area contributed by atoms with Crippen molar-refractivity contribution in [3.8, 4) is 16.9 Å². The molecule has 0 saturated carbocycles. The van der Waals surface area contributed by atoms with Crippen molar-refractivity contribution in [2.75, 3.05) is 39.3 Å². The van der Waals surface area contributed by atoms with Crippen LogP contribution in [0.1, 0.15) is 36.6 Å². The van der Waals surface area contributed by atoms with Crippen LogP contribution in [0.2, 0.25) is 0 Å². The van der Waals surface area contributed by atoms with Crippen molar-refractivity contribution < 1.29 is 9.13 Å². The van der Waals surface area contributed by atoms with E-state index in [9.17, 15) is 4.39 Å². The molecule has 3 fully saturated rings. The van der Waals surface area contributed by atoms with Crippen LogP contribution in [0.5, 0.6) is 5.75 Å². The maximum Gasteiger partial charge on any atom is 0.236 e. The van der Waals surface area contributed by atoms with Crippen LogP contribution in [-0.4, -0.2) is 49.2 Å². The number of piperazine rings is 3. The number of hydrogen-bond donors (Lipinski definition) is 0. The van der Waals surface area contributed by atoms with Crippen LogP contribution in [0.4, 0.5) is 10.2 Å². The van der Waals surface area contributed by atoms with Gasteiger partial charge in [-0.1, -0.05) is 50.2 Å². The van der Waals surface area contributed by atoms with Crippen LogP contribution < -0.4 is 9.22 Å². The Kier molecular flexibility index (Phi) is 6.21. The first kappa shape index (κ1) is 24.1. The number of aryl methyl sites for hydroxylation is 1. The van der Waals surface area contributed by atoms with E-state index in [-0.39, 0.29) is 11.7 Å². The van der Waals surface area contributed by atoms with Crippen molar-refractivity contribution in [3.05, 3.63) is 89.4 Å². The lowest BCUT2D eigenvalue weighted by Crippen LogP contribution is -2.68. The van der Waals surface area contributed by atoms with Crippen LogP contribution in [-0.2, 0) is 6.61 Å². The fraction of sp³-hybridized carbons (Fsp3) is 0.344. The molecule has 190 valence electrons. The zero-order valence-corrected chi connectivity index (χ0v) is 22.0. The van der Waals surface area contributed by atoms with E-state index in [0.717, 1.165) is 77.3 Å². The quantitative estimate of drug-likeness (QED) is 0.278. The topological polar surface area (TPSA) is 25.4 Å². The summed E-state index contributed by atoms with van der Waals surface area (Å²) in [4.78, 5) is 8.05. The Morgan fingerprint density at radius 2 is 1.65 bits per heavy atom. The van der Waals surface area contributed by atoms with Gasteiger partial charge < -0.3 is 4.74 Å². The second-order valence-electron chi connectivity index (χ2n) is 11.0. The molecule has 4 aromatic rings. The highest BCUT2D eigenvalue weighted by atomic mass is 19.1. The molecule has 0 amide bonds. The summed E-state index contributed by atoms with van der Waals surface area (Å²) in [7, 11) is 0. The molecule has 3 aromatic carbocycles. The van der Waals surface area contributed by atoms with E-state index in [1.54, 1.807) is 6.07 Å². The van der Waals surface area contributed by atoms with E-state index in [1.165, 1.54) is 11.2 Å². The Morgan fingerprint density at radius 3 is 2.32 bits per heavy atom. The minimum atomic E-state index is -0.176. The molecule has 0 unspecified atom stereocenters. The van der Waals surface area contributed by atoms with E-state index in [2.05, 4.69) is 49.1 Å². The Hall–Kier alpha value is -3.28. The summed E-state index contributed by atoms with van der Waals surface area (Å²) in [6.07, 6.45) is 0. The number of benzene rings is 3. The molecule has 0 aliphatic carbocycles. The number of aromatic nitrogens is 1. The fourth-order valence-electron chi connectivity index (χ4n) is 6.00. The molecule has 4 heterocycles. The summed E-state index contributed by atoms with van der Waals surface area (Å²) in [5.41, 5.74) is 5.02. The van der Waals surface area contributed by atoms with Gasteiger partial charge in [0.05, 0.1) is 30.7 Å². The molecule has 3 aliphatic heterocycles. The Morgan fingerprint density at radius 1 is 0.919 bits per heavy atom. The molecule has 3 aliphatic rings. The zero-order valence-electron chi connectivity index (χ0n) is 22.0. The van der Waals surface area contributed by atoms with Crippen LogP contribution in [0, 0.1) is 12.7 Å². The first-order valence-corrected chi connectivity index (χ1v) is 13.4. The third kappa shape index (κ3) is 4.41. The molecule has 5 heteroatoms. The predicted octanol–water partition coefficient (Wildman–Crippen LogP) is 6.69. The lowest BCUT2D eigenvalue weighted by atomic mass is 9.91. The molecule has 0 atom stereocenters. The number of rotatable bonds is 6. The van der Waals surface area contributed by atoms with Gasteiger partial charge in [-0.25, -0.2) is 4.39 Å². The van der Waals surface area contributed by atoms with E-state index >= 15 is 0 Å². The molecular weight excluding hydrogens is 461 g/mol. The SMILES string of the molecule is Cc1cc(-c2c(C(C)C)nc([N+]34CCN(CC3)CC4)c3cc(OCc4ccccc4)ccc23)ccc1F. The third-order valence-electron chi connectivity index (χ3n) is 8.21. The van der Waals surface area contributed by atoms with Gasteiger partial charge in [0, 0.05) is 25.2 Å². The van der Waals surface area contributed by atoms with Crippen LogP contribution in [0.15, 0.2) is 66.7 Å². The Bertz CT molecular complexity index is 1430. The summed E-state index contributed by atoms with van der Waals surface area (Å²) < 4.78 is 21.4. The maximum absolute atomic E-state index is 14.2. The minimum Gasteiger partial charge on any atom is -0.489 e. The van der Waals surface area contributed by atoms with Gasteiger partial charge in [0.25, 0.3) is 0 Å². The first-order chi connectivity index (χ1) is 17.9. The van der Waals surface area contributed by atoms with Gasteiger partial charge in [-0.2, -0.15) is 4.98 Å². The summed E-state index contributed by atoms with van der Waals surface area (Å²) in [5.74, 6) is 2.09. The number of pyridine rings is 1. The molecule has 0 spiro atoms. The van der Waals surface area contributed by atoms with Crippen molar-refractivity contribution >= 4 is 16.6 Å². The van der Waals surface area contributed by atoms with Gasteiger partial charge in [-0.15, -0.1) is 0 Å². The summed E-state index contributed by atoms with van der Waals surface area (Å²) in [6, 6.07) is 22.2. The monoisotopic (exact) mass is 496 g/mol. The number of hydrogen-bond acceptors (Lipinski definition) is 3. The number of ether oxygens (including phenoxy) is 1. The van der Waals surface area contributed by atoms with Gasteiger partial charge in [0.15, 0.2) is 0 Å². The van der Waals surface area contributed by atoms with E-state index in [1.807, 2.05) is 37.3 Å². The third-order valence-corrected chi connectivity index (χ3v) is 8.21. The number of quaternary nitrogens is 1. The molecule has 2 bridgehead atoms. The fourth-order valence-corrected chi connectivity index (χ4v) is 6.00. The van der Waals surface area contributed by atoms with Gasteiger partial charge in [-0.05, 0) is 65.3 Å². The smallest absolute Gasteiger partial charge is 0.236 e. The normalized spacial score (nSPS) is 21.1. The molecule has 0 N–H and O–H groups in total. The van der Waals surface area contributed by atoms with Crippen molar-refractivity contribution in [1.82, 2.24) is 14.4 Å². The predicted molar refractivity (Wildman–Crippen MR) is 150 cm³/mol. The van der Waals surface area contributed by atoms with Crippen molar-refractivity contribution in [2.45, 2.75) is 33.3 Å². The highest BCUT2D eigenvalue weighted by molar-refractivity contribution is 6.03. The maximum atomic E-state index is 14.2. The van der Waals surface area contributed by atoms with E-state index < -0.39 is 0 Å². The van der Waals surface area contributed by atoms with E-state index in [4.69, 9.17) is 9.72 Å². The molecular formula is C32H35FN3O+. The standard InChI is InChI=1S/C32H35FN3O/c1-22(2)31-30(25-9-12-29(33)23(3)19-25)27-11-10-26(37-21-24-7-5-4-6-8-24)20-28(27)32(34-31)36-16-13-35(14-17-36)15-18-36/h4-12,19-20,22H,13-18,21H2,1-3H3/q+1. The molecule has 4 nitrogen and oxygen atoms in total. The molecule has 3 saturated heterocycles. The molecule has 0 radical (unpaired) electrons. The summed E-state index contributed by atoms with van der Waals surface area (Å²) in [5, 5.41) is 2.33. The van der Waals surface area contributed by atoms with Crippen molar-refractivity contribution in [2.24, 2.45) is 0 Å². The number of fused-ring (bicyclic) bond motifs is 4. The lowest BCUT2D eigenvalue weighted by molar-refractivity contribution is 0.0665. The average Bonchev–Trinajstić information content (AvgIpc) is 2.94. The Balaban J connectivity index is 1.55. The lowest BCUT2D eigenvalue weighted by Gasteiger charge is -2.49. The van der Waals surface area contributed by atoms with Gasteiger partial charge in [-0.3, -0.25) is 9.38 Å². The first-order valence-electron chi connectivity index (χ1n) is 13.4. The van der Waals surface area contributed by atoms with Crippen molar-refractivity contribution in [1.29, 1.82) is 0 Å². The van der Waals surface area contributed by atoms with Crippen LogP contribution >= 0.6 is 0 Å². The average molecular weight is 497 g/mol. The summed E-state index contributed by atoms with van der Waals surface area (Å²) in [6.45, 7) is 13.4. The largest absolute Gasteiger partial charge is 0.489 e.